The summed E-state index contributed by atoms with van der Waals surface area (Å²) in [6.07, 6.45) is 0. The molecule has 0 aliphatic rings. The standard InChI is InChI=1S/C10H9O4/c1-6-3-4-7(10(13)14-2)5-8(6)9(11)12/h3-5H,1H2,2H3,(H,11,12). The largest absolute Gasteiger partial charge is 0.478 e. The Balaban J connectivity index is 3.19. The van der Waals surface area contributed by atoms with Crippen LogP contribution >= 0.6 is 0 Å². The van der Waals surface area contributed by atoms with E-state index in [9.17, 15) is 9.59 Å². The molecular weight excluding hydrogens is 184 g/mol. The Hall–Kier alpha value is -1.84. The Morgan fingerprint density at radius 3 is 2.57 bits per heavy atom. The van der Waals surface area contributed by atoms with Crippen LogP contribution < -0.4 is 0 Å². The van der Waals surface area contributed by atoms with Gasteiger partial charge >= 0.3 is 11.9 Å². The van der Waals surface area contributed by atoms with Crippen LogP contribution in [0.25, 0.3) is 0 Å². The van der Waals surface area contributed by atoms with E-state index in [1.807, 2.05) is 0 Å². The maximum Gasteiger partial charge on any atom is 0.337 e. The molecule has 0 aliphatic heterocycles. The van der Waals surface area contributed by atoms with E-state index in [4.69, 9.17) is 5.11 Å². The van der Waals surface area contributed by atoms with Crippen molar-refractivity contribution in [2.45, 2.75) is 0 Å². The summed E-state index contributed by atoms with van der Waals surface area (Å²) >= 11 is 0. The monoisotopic (exact) mass is 193 g/mol. The first-order valence-corrected chi connectivity index (χ1v) is 3.84. The molecule has 1 radical (unpaired) electrons. The summed E-state index contributed by atoms with van der Waals surface area (Å²) in [5, 5.41) is 8.75. The van der Waals surface area contributed by atoms with Crippen molar-refractivity contribution < 1.29 is 19.4 Å². The lowest BCUT2D eigenvalue weighted by Crippen LogP contribution is -2.06. The Morgan fingerprint density at radius 2 is 2.07 bits per heavy atom. The predicted octanol–water partition coefficient (Wildman–Crippen LogP) is 1.35. The molecule has 0 fully saturated rings. The fourth-order valence-corrected chi connectivity index (χ4v) is 1.02. The number of carbonyl (C=O) groups is 2. The average Bonchev–Trinajstić information content (AvgIpc) is 2.17. The van der Waals surface area contributed by atoms with Crippen LogP contribution in [-0.4, -0.2) is 24.2 Å². The van der Waals surface area contributed by atoms with E-state index in [0.717, 1.165) is 0 Å². The quantitative estimate of drug-likeness (QED) is 0.720. The molecule has 1 aromatic carbocycles. The second-order valence-electron chi connectivity index (χ2n) is 2.67. The van der Waals surface area contributed by atoms with Crippen LogP contribution in [0.15, 0.2) is 18.2 Å². The van der Waals surface area contributed by atoms with Crippen LogP contribution in [0.1, 0.15) is 26.3 Å². The summed E-state index contributed by atoms with van der Waals surface area (Å²) < 4.78 is 4.46. The summed E-state index contributed by atoms with van der Waals surface area (Å²) in [4.78, 5) is 21.8. The highest BCUT2D eigenvalue weighted by Gasteiger charge is 2.11. The summed E-state index contributed by atoms with van der Waals surface area (Å²) in [7, 11) is 1.24. The van der Waals surface area contributed by atoms with Gasteiger partial charge in [0.05, 0.1) is 18.2 Å². The van der Waals surface area contributed by atoms with Gasteiger partial charge in [-0.25, -0.2) is 9.59 Å². The number of hydrogen-bond acceptors (Lipinski definition) is 3. The second kappa shape index (κ2) is 3.91. The number of hydrogen-bond donors (Lipinski definition) is 1. The Kier molecular flexibility index (Phi) is 2.86. The van der Waals surface area contributed by atoms with Crippen LogP contribution in [0.5, 0.6) is 0 Å². The van der Waals surface area contributed by atoms with Crippen molar-refractivity contribution in [2.75, 3.05) is 7.11 Å². The lowest BCUT2D eigenvalue weighted by molar-refractivity contribution is 0.0600. The van der Waals surface area contributed by atoms with Gasteiger partial charge in [-0.1, -0.05) is 6.07 Å². The van der Waals surface area contributed by atoms with E-state index >= 15 is 0 Å². The zero-order valence-corrected chi connectivity index (χ0v) is 7.61. The highest BCUT2D eigenvalue weighted by atomic mass is 16.5. The number of esters is 1. The minimum Gasteiger partial charge on any atom is -0.478 e. The van der Waals surface area contributed by atoms with Crippen LogP contribution in [-0.2, 0) is 4.74 Å². The van der Waals surface area contributed by atoms with E-state index in [1.165, 1.54) is 25.3 Å². The van der Waals surface area contributed by atoms with Crippen molar-refractivity contribution in [3.8, 4) is 0 Å². The molecule has 0 atom stereocenters. The first kappa shape index (κ1) is 10.2. The van der Waals surface area contributed by atoms with Gasteiger partial charge in [-0.05, 0) is 24.6 Å². The van der Waals surface area contributed by atoms with Crippen molar-refractivity contribution in [3.63, 3.8) is 0 Å². The number of aromatic carboxylic acids is 1. The van der Waals surface area contributed by atoms with E-state index in [0.29, 0.717) is 5.56 Å². The van der Waals surface area contributed by atoms with Gasteiger partial charge in [-0.3, -0.25) is 0 Å². The Labute approximate surface area is 81.1 Å². The lowest BCUT2D eigenvalue weighted by Gasteiger charge is -2.03. The maximum absolute atomic E-state index is 11.1. The van der Waals surface area contributed by atoms with Gasteiger partial charge in [-0.15, -0.1) is 0 Å². The third-order valence-electron chi connectivity index (χ3n) is 1.76. The average molecular weight is 193 g/mol. The lowest BCUT2D eigenvalue weighted by atomic mass is 10.1. The predicted molar refractivity (Wildman–Crippen MR) is 49.2 cm³/mol. The fraction of sp³-hybridized carbons (Fsp3) is 0.100. The minimum absolute atomic E-state index is 0.00731. The van der Waals surface area contributed by atoms with Gasteiger partial charge in [0.1, 0.15) is 0 Å². The van der Waals surface area contributed by atoms with Crippen molar-refractivity contribution in [3.05, 3.63) is 41.8 Å². The summed E-state index contributed by atoms with van der Waals surface area (Å²) in [6.45, 7) is 3.54. The molecule has 0 amide bonds. The normalized spacial score (nSPS) is 9.57. The molecule has 1 N–H and O–H groups in total. The molecule has 14 heavy (non-hydrogen) atoms. The zero-order valence-electron chi connectivity index (χ0n) is 7.61. The van der Waals surface area contributed by atoms with E-state index in [1.54, 1.807) is 0 Å². The molecule has 0 aromatic heterocycles. The number of rotatable bonds is 2. The van der Waals surface area contributed by atoms with Gasteiger partial charge in [0, 0.05) is 0 Å². The molecule has 1 rings (SSSR count). The number of carbonyl (C=O) groups excluding carboxylic acids is 1. The molecule has 0 unspecified atom stereocenters. The molecule has 0 aliphatic carbocycles. The van der Waals surface area contributed by atoms with E-state index < -0.39 is 11.9 Å². The minimum atomic E-state index is -1.11. The molecule has 0 bridgehead atoms. The maximum atomic E-state index is 11.1. The zero-order chi connectivity index (χ0) is 10.7. The van der Waals surface area contributed by atoms with Crippen LogP contribution in [0.3, 0.4) is 0 Å². The summed E-state index contributed by atoms with van der Waals surface area (Å²) in [5.74, 6) is -1.67. The van der Waals surface area contributed by atoms with Crippen molar-refractivity contribution in [1.82, 2.24) is 0 Å². The van der Waals surface area contributed by atoms with Gasteiger partial charge in [0.2, 0.25) is 0 Å². The van der Waals surface area contributed by atoms with Crippen LogP contribution in [0, 0.1) is 6.92 Å². The molecule has 0 spiro atoms. The van der Waals surface area contributed by atoms with E-state index in [-0.39, 0.29) is 11.1 Å². The second-order valence-corrected chi connectivity index (χ2v) is 2.67. The first-order valence-electron chi connectivity index (χ1n) is 3.84. The molecule has 4 heteroatoms. The number of carboxylic acid groups (broad SMARTS) is 1. The van der Waals surface area contributed by atoms with Gasteiger partial charge in [-0.2, -0.15) is 0 Å². The van der Waals surface area contributed by atoms with Crippen molar-refractivity contribution in [1.29, 1.82) is 0 Å². The van der Waals surface area contributed by atoms with E-state index in [2.05, 4.69) is 11.7 Å². The van der Waals surface area contributed by atoms with Crippen LogP contribution in [0.4, 0.5) is 0 Å². The molecule has 4 nitrogen and oxygen atoms in total. The number of methoxy groups -OCH3 is 1. The highest BCUT2D eigenvalue weighted by Crippen LogP contribution is 2.11. The molecule has 0 heterocycles. The third-order valence-corrected chi connectivity index (χ3v) is 1.76. The third kappa shape index (κ3) is 1.90. The SMILES string of the molecule is [CH2]c1ccc(C(=O)OC)cc1C(=O)O. The molecule has 0 saturated heterocycles. The number of benzene rings is 1. The smallest absolute Gasteiger partial charge is 0.337 e. The van der Waals surface area contributed by atoms with Crippen molar-refractivity contribution in [2.24, 2.45) is 0 Å². The highest BCUT2D eigenvalue weighted by molar-refractivity contribution is 5.95. The van der Waals surface area contributed by atoms with Gasteiger partial charge in [0.15, 0.2) is 0 Å². The first-order chi connectivity index (χ1) is 6.56. The number of carboxylic acids is 1. The fourth-order valence-electron chi connectivity index (χ4n) is 1.02. The Morgan fingerprint density at radius 1 is 1.43 bits per heavy atom. The van der Waals surface area contributed by atoms with Crippen LogP contribution in [0.2, 0.25) is 0 Å². The summed E-state index contributed by atoms with van der Waals surface area (Å²) in [6, 6.07) is 4.19. The van der Waals surface area contributed by atoms with Gasteiger partial charge < -0.3 is 9.84 Å². The molecule has 73 valence electrons. The molecular formula is C10H9O4. The van der Waals surface area contributed by atoms with Gasteiger partial charge in [0.25, 0.3) is 0 Å². The Bertz CT molecular complexity index is 382. The molecule has 1 aromatic rings. The topological polar surface area (TPSA) is 63.6 Å². The van der Waals surface area contributed by atoms with Crippen molar-refractivity contribution >= 4 is 11.9 Å². The summed E-state index contributed by atoms with van der Waals surface area (Å²) in [5.41, 5.74) is 0.579. The number of ether oxygens (including phenoxy) is 1. The molecule has 0 saturated carbocycles.